The molecule has 23 heavy (non-hydrogen) atoms. The van der Waals surface area contributed by atoms with Gasteiger partial charge in [-0.15, -0.1) is 0 Å². The predicted octanol–water partition coefficient (Wildman–Crippen LogP) is 3.73. The maximum atomic E-state index is 13.9. The number of pyridine rings is 1. The summed E-state index contributed by atoms with van der Waals surface area (Å²) in [5.41, 5.74) is 2.78. The number of aromatic nitrogens is 1. The Labute approximate surface area is 134 Å². The summed E-state index contributed by atoms with van der Waals surface area (Å²) >= 11 is 0. The molecule has 1 N–H and O–H groups in total. The molecular formula is C18H16FN3O. The Morgan fingerprint density at radius 3 is 2.96 bits per heavy atom. The second kappa shape index (κ2) is 7.03. The lowest BCUT2D eigenvalue weighted by Crippen LogP contribution is -2.20. The molecule has 0 saturated carbocycles. The van der Waals surface area contributed by atoms with Crippen LogP contribution in [0.15, 0.2) is 42.5 Å². The van der Waals surface area contributed by atoms with Gasteiger partial charge in [-0.05, 0) is 30.7 Å². The standard InChI is InChI=1S/C18H16FN3O/c1-20-15-6-5-14(16(19)11-15)12-23-18-4-2-3-17(22-18)13-7-9-21-10-8-13/h2-7,11,21H,8-10,12H2. The zero-order valence-corrected chi connectivity index (χ0v) is 12.6. The van der Waals surface area contributed by atoms with Gasteiger partial charge in [-0.2, -0.15) is 0 Å². The monoisotopic (exact) mass is 309 g/mol. The molecule has 0 aliphatic carbocycles. The van der Waals surface area contributed by atoms with Crippen molar-refractivity contribution in [2.45, 2.75) is 13.0 Å². The minimum atomic E-state index is -0.435. The summed E-state index contributed by atoms with van der Waals surface area (Å²) in [4.78, 5) is 7.69. The minimum Gasteiger partial charge on any atom is -0.473 e. The van der Waals surface area contributed by atoms with Crippen molar-refractivity contribution < 1.29 is 9.13 Å². The number of halogens is 1. The molecule has 5 heteroatoms. The van der Waals surface area contributed by atoms with Gasteiger partial charge in [0.15, 0.2) is 5.69 Å². The van der Waals surface area contributed by atoms with Crippen LogP contribution in [-0.4, -0.2) is 18.1 Å². The Morgan fingerprint density at radius 1 is 1.30 bits per heavy atom. The van der Waals surface area contributed by atoms with Gasteiger partial charge < -0.3 is 10.1 Å². The molecule has 4 nitrogen and oxygen atoms in total. The smallest absolute Gasteiger partial charge is 0.214 e. The van der Waals surface area contributed by atoms with Gasteiger partial charge in [0, 0.05) is 18.2 Å². The molecule has 2 heterocycles. The molecule has 0 radical (unpaired) electrons. The fourth-order valence-electron chi connectivity index (χ4n) is 2.40. The predicted molar refractivity (Wildman–Crippen MR) is 86.7 cm³/mol. The van der Waals surface area contributed by atoms with Crippen LogP contribution in [0.25, 0.3) is 10.4 Å². The van der Waals surface area contributed by atoms with E-state index in [2.05, 4.69) is 21.2 Å². The van der Waals surface area contributed by atoms with Crippen LogP contribution in [0, 0.1) is 12.4 Å². The van der Waals surface area contributed by atoms with Crippen molar-refractivity contribution in [2.75, 3.05) is 13.1 Å². The zero-order valence-electron chi connectivity index (χ0n) is 12.6. The number of nitrogens with one attached hydrogen (secondary N) is 1. The number of ether oxygens (including phenoxy) is 1. The first-order chi connectivity index (χ1) is 11.3. The fraction of sp³-hybridized carbons (Fsp3) is 0.222. The Kier molecular flexibility index (Phi) is 4.65. The molecule has 0 saturated heterocycles. The van der Waals surface area contributed by atoms with Crippen molar-refractivity contribution in [3.8, 4) is 5.88 Å². The quantitative estimate of drug-likeness (QED) is 0.875. The summed E-state index contributed by atoms with van der Waals surface area (Å²) in [6.45, 7) is 8.75. The topological polar surface area (TPSA) is 38.5 Å². The highest BCUT2D eigenvalue weighted by Gasteiger charge is 2.09. The molecule has 3 rings (SSSR count). The average Bonchev–Trinajstić information content (AvgIpc) is 2.61. The Hall–Kier alpha value is -2.71. The van der Waals surface area contributed by atoms with E-state index in [1.165, 1.54) is 11.6 Å². The van der Waals surface area contributed by atoms with Crippen molar-refractivity contribution in [1.29, 1.82) is 0 Å². The van der Waals surface area contributed by atoms with Crippen molar-refractivity contribution >= 4 is 11.3 Å². The van der Waals surface area contributed by atoms with E-state index < -0.39 is 5.82 Å². The largest absolute Gasteiger partial charge is 0.473 e. The van der Waals surface area contributed by atoms with Crippen LogP contribution in [0.3, 0.4) is 0 Å². The van der Waals surface area contributed by atoms with Crippen LogP contribution >= 0.6 is 0 Å². The lowest BCUT2D eigenvalue weighted by atomic mass is 10.1. The second-order valence-corrected chi connectivity index (χ2v) is 5.22. The summed E-state index contributed by atoms with van der Waals surface area (Å²) in [7, 11) is 0. The van der Waals surface area contributed by atoms with E-state index >= 15 is 0 Å². The Bertz CT molecular complexity index is 780. The molecule has 0 spiro atoms. The number of nitrogens with zero attached hydrogens (tertiary/aromatic N) is 2. The summed E-state index contributed by atoms with van der Waals surface area (Å²) in [6, 6.07) is 9.97. The third kappa shape index (κ3) is 3.74. The van der Waals surface area contributed by atoms with Gasteiger partial charge in [-0.1, -0.05) is 24.3 Å². The number of benzene rings is 1. The van der Waals surface area contributed by atoms with Gasteiger partial charge in [0.25, 0.3) is 0 Å². The number of hydrogen-bond acceptors (Lipinski definition) is 3. The van der Waals surface area contributed by atoms with Crippen LogP contribution in [0.1, 0.15) is 17.7 Å². The van der Waals surface area contributed by atoms with Crippen molar-refractivity contribution in [2.24, 2.45) is 0 Å². The summed E-state index contributed by atoms with van der Waals surface area (Å²) in [5, 5.41) is 3.26. The zero-order chi connectivity index (χ0) is 16.1. The molecule has 0 unspecified atom stereocenters. The number of hydrogen-bond donors (Lipinski definition) is 1. The summed E-state index contributed by atoms with van der Waals surface area (Å²) < 4.78 is 19.5. The van der Waals surface area contributed by atoms with E-state index in [-0.39, 0.29) is 12.3 Å². The lowest BCUT2D eigenvalue weighted by molar-refractivity contribution is 0.288. The molecule has 2 aromatic rings. The molecule has 0 atom stereocenters. The van der Waals surface area contributed by atoms with Gasteiger partial charge in [0.05, 0.1) is 12.3 Å². The highest BCUT2D eigenvalue weighted by atomic mass is 19.1. The van der Waals surface area contributed by atoms with Crippen LogP contribution in [0.2, 0.25) is 0 Å². The van der Waals surface area contributed by atoms with Crippen LogP contribution < -0.4 is 10.1 Å². The maximum Gasteiger partial charge on any atom is 0.214 e. The van der Waals surface area contributed by atoms with E-state index in [0.717, 1.165) is 25.2 Å². The first-order valence-corrected chi connectivity index (χ1v) is 7.42. The SMILES string of the molecule is [C-]#[N+]c1ccc(COc2cccc(C3=CCNCC3)n2)c(F)c1. The normalized spacial score (nSPS) is 14.0. The van der Waals surface area contributed by atoms with Gasteiger partial charge in [0.1, 0.15) is 12.4 Å². The van der Waals surface area contributed by atoms with E-state index in [0.29, 0.717) is 11.4 Å². The van der Waals surface area contributed by atoms with E-state index in [4.69, 9.17) is 11.3 Å². The molecule has 0 bridgehead atoms. The van der Waals surface area contributed by atoms with Crippen molar-refractivity contribution in [1.82, 2.24) is 10.3 Å². The molecule has 1 aliphatic heterocycles. The Morgan fingerprint density at radius 2 is 2.22 bits per heavy atom. The van der Waals surface area contributed by atoms with E-state index in [1.807, 2.05) is 12.1 Å². The molecule has 1 aromatic carbocycles. The third-order valence-electron chi connectivity index (χ3n) is 3.66. The minimum absolute atomic E-state index is 0.0845. The van der Waals surface area contributed by atoms with Crippen LogP contribution in [-0.2, 0) is 6.61 Å². The van der Waals surface area contributed by atoms with Gasteiger partial charge in [-0.3, -0.25) is 0 Å². The highest BCUT2D eigenvalue weighted by Crippen LogP contribution is 2.22. The summed E-state index contributed by atoms with van der Waals surface area (Å²) in [5.74, 6) is 0.0336. The third-order valence-corrected chi connectivity index (χ3v) is 3.66. The van der Waals surface area contributed by atoms with E-state index in [9.17, 15) is 4.39 Å². The van der Waals surface area contributed by atoms with Crippen LogP contribution in [0.4, 0.5) is 10.1 Å². The first-order valence-electron chi connectivity index (χ1n) is 7.42. The lowest BCUT2D eigenvalue weighted by Gasteiger charge is -2.14. The second-order valence-electron chi connectivity index (χ2n) is 5.22. The van der Waals surface area contributed by atoms with Gasteiger partial charge in [0.2, 0.25) is 5.88 Å². The first kappa shape index (κ1) is 15.2. The Balaban J connectivity index is 1.71. The molecule has 0 amide bonds. The average molecular weight is 309 g/mol. The van der Waals surface area contributed by atoms with Crippen molar-refractivity contribution in [3.63, 3.8) is 0 Å². The van der Waals surface area contributed by atoms with Gasteiger partial charge >= 0.3 is 0 Å². The fourth-order valence-corrected chi connectivity index (χ4v) is 2.40. The number of rotatable bonds is 4. The van der Waals surface area contributed by atoms with Crippen molar-refractivity contribution in [3.05, 3.63) is 71.0 Å². The molecule has 1 aliphatic rings. The van der Waals surface area contributed by atoms with E-state index in [1.54, 1.807) is 18.2 Å². The maximum absolute atomic E-state index is 13.9. The molecular weight excluding hydrogens is 293 g/mol. The molecule has 0 fully saturated rings. The highest BCUT2D eigenvalue weighted by molar-refractivity contribution is 5.64. The van der Waals surface area contributed by atoms with Gasteiger partial charge in [-0.25, -0.2) is 14.2 Å². The van der Waals surface area contributed by atoms with Crippen LogP contribution in [0.5, 0.6) is 5.88 Å². The molecule has 1 aromatic heterocycles. The summed E-state index contributed by atoms with van der Waals surface area (Å²) in [6.07, 6.45) is 3.06. The molecule has 116 valence electrons.